The second kappa shape index (κ2) is 8.81. The normalized spacial score (nSPS) is 11.1. The third kappa shape index (κ3) is 3.57. The van der Waals surface area contributed by atoms with E-state index in [4.69, 9.17) is 0 Å². The average molecular weight is 500 g/mol. The molecular formula is C32H22BrN. The third-order valence-corrected chi connectivity index (χ3v) is 6.82. The molecule has 2 heteroatoms. The van der Waals surface area contributed by atoms with Crippen LogP contribution in [0.3, 0.4) is 0 Å². The molecule has 0 aliphatic rings. The first-order chi connectivity index (χ1) is 16.8. The van der Waals surface area contributed by atoms with E-state index in [1.807, 2.05) is 0 Å². The summed E-state index contributed by atoms with van der Waals surface area (Å²) in [5.74, 6) is 0. The van der Waals surface area contributed by atoms with Crippen molar-refractivity contribution in [2.45, 2.75) is 0 Å². The van der Waals surface area contributed by atoms with Crippen molar-refractivity contribution in [2.75, 3.05) is 4.90 Å². The molecular weight excluding hydrogens is 478 g/mol. The van der Waals surface area contributed by atoms with Gasteiger partial charge in [0, 0.05) is 26.6 Å². The first-order valence-corrected chi connectivity index (χ1v) is 12.2. The van der Waals surface area contributed by atoms with E-state index in [-0.39, 0.29) is 0 Å². The van der Waals surface area contributed by atoms with Crippen molar-refractivity contribution in [3.63, 3.8) is 0 Å². The van der Waals surface area contributed by atoms with Gasteiger partial charge in [0.1, 0.15) is 0 Å². The van der Waals surface area contributed by atoms with E-state index < -0.39 is 0 Å². The molecule has 6 rings (SSSR count). The number of hydrogen-bond donors (Lipinski definition) is 0. The third-order valence-electron chi connectivity index (χ3n) is 6.29. The van der Waals surface area contributed by atoms with Crippen LogP contribution in [0.4, 0.5) is 17.1 Å². The number of fused-ring (bicyclic) bond motifs is 2. The van der Waals surface area contributed by atoms with Crippen molar-refractivity contribution >= 4 is 54.5 Å². The molecule has 0 saturated carbocycles. The van der Waals surface area contributed by atoms with E-state index in [1.165, 1.54) is 38.4 Å². The van der Waals surface area contributed by atoms with Crippen molar-refractivity contribution in [3.05, 3.63) is 138 Å². The number of halogens is 1. The van der Waals surface area contributed by atoms with Crippen LogP contribution in [-0.2, 0) is 0 Å². The van der Waals surface area contributed by atoms with Gasteiger partial charge < -0.3 is 4.90 Å². The summed E-state index contributed by atoms with van der Waals surface area (Å²) in [7, 11) is 0. The molecule has 0 atom stereocenters. The molecule has 0 amide bonds. The van der Waals surface area contributed by atoms with Gasteiger partial charge >= 0.3 is 0 Å². The summed E-state index contributed by atoms with van der Waals surface area (Å²) in [6.45, 7) is 0. The number of rotatable bonds is 4. The molecule has 34 heavy (non-hydrogen) atoms. The van der Waals surface area contributed by atoms with Crippen LogP contribution in [0.1, 0.15) is 0 Å². The van der Waals surface area contributed by atoms with Gasteiger partial charge in [-0.05, 0) is 58.3 Å². The zero-order chi connectivity index (χ0) is 22.9. The smallest absolute Gasteiger partial charge is 0.0618 e. The van der Waals surface area contributed by atoms with E-state index in [0.717, 1.165) is 15.8 Å². The maximum Gasteiger partial charge on any atom is 0.0618 e. The summed E-state index contributed by atoms with van der Waals surface area (Å²) in [6.07, 6.45) is 0. The summed E-state index contributed by atoms with van der Waals surface area (Å²) < 4.78 is 1.08. The first kappa shape index (κ1) is 20.7. The molecule has 0 radical (unpaired) electrons. The Morgan fingerprint density at radius 3 is 1.29 bits per heavy atom. The zero-order valence-electron chi connectivity index (χ0n) is 18.5. The fourth-order valence-electron chi connectivity index (χ4n) is 4.84. The first-order valence-electron chi connectivity index (χ1n) is 11.4. The lowest BCUT2D eigenvalue weighted by atomic mass is 9.90. The average Bonchev–Trinajstić information content (AvgIpc) is 2.90. The van der Waals surface area contributed by atoms with Crippen LogP contribution in [0.2, 0.25) is 0 Å². The summed E-state index contributed by atoms with van der Waals surface area (Å²) >= 11 is 3.59. The van der Waals surface area contributed by atoms with E-state index >= 15 is 0 Å². The van der Waals surface area contributed by atoms with E-state index in [2.05, 4.69) is 154 Å². The topological polar surface area (TPSA) is 3.24 Å². The van der Waals surface area contributed by atoms with E-state index in [1.54, 1.807) is 0 Å². The van der Waals surface area contributed by atoms with Gasteiger partial charge in [-0.1, -0.05) is 113 Å². The molecule has 0 aliphatic carbocycles. The molecule has 0 N–H and O–H groups in total. The summed E-state index contributed by atoms with van der Waals surface area (Å²) in [5, 5.41) is 4.95. The van der Waals surface area contributed by atoms with Crippen LogP contribution < -0.4 is 4.90 Å². The molecule has 0 bridgehead atoms. The quantitative estimate of drug-likeness (QED) is 0.218. The van der Waals surface area contributed by atoms with Crippen LogP contribution in [0, 0.1) is 0 Å². The predicted octanol–water partition coefficient (Wildman–Crippen LogP) is 9.89. The fraction of sp³-hybridized carbons (Fsp3) is 0. The van der Waals surface area contributed by atoms with E-state index in [9.17, 15) is 0 Å². The largest absolute Gasteiger partial charge is 0.309 e. The SMILES string of the molecule is Brc1ccc(-c2c3ccccc3c(N(c3ccccc3)c3ccccc3)c3ccccc23)cc1. The van der Waals surface area contributed by atoms with Crippen LogP contribution in [0.25, 0.3) is 32.7 Å². The summed E-state index contributed by atoms with van der Waals surface area (Å²) in [6, 6.07) is 47.4. The Morgan fingerprint density at radius 2 is 0.824 bits per heavy atom. The van der Waals surface area contributed by atoms with Gasteiger partial charge in [-0.2, -0.15) is 0 Å². The van der Waals surface area contributed by atoms with Crippen LogP contribution in [0.15, 0.2) is 138 Å². The number of hydrogen-bond acceptors (Lipinski definition) is 1. The molecule has 0 spiro atoms. The minimum atomic E-state index is 1.08. The lowest BCUT2D eigenvalue weighted by Gasteiger charge is -2.29. The molecule has 6 aromatic carbocycles. The molecule has 0 saturated heterocycles. The minimum absolute atomic E-state index is 1.08. The number of para-hydroxylation sites is 2. The van der Waals surface area contributed by atoms with Gasteiger partial charge in [-0.25, -0.2) is 0 Å². The molecule has 162 valence electrons. The highest BCUT2D eigenvalue weighted by Gasteiger charge is 2.21. The maximum absolute atomic E-state index is 3.59. The molecule has 0 unspecified atom stereocenters. The monoisotopic (exact) mass is 499 g/mol. The lowest BCUT2D eigenvalue weighted by molar-refractivity contribution is 1.31. The van der Waals surface area contributed by atoms with Gasteiger partial charge in [-0.15, -0.1) is 0 Å². The van der Waals surface area contributed by atoms with Gasteiger partial charge in [0.25, 0.3) is 0 Å². The second-order valence-corrected chi connectivity index (χ2v) is 9.24. The Labute approximate surface area is 208 Å². The molecule has 0 aromatic heterocycles. The maximum atomic E-state index is 3.59. The van der Waals surface area contributed by atoms with Gasteiger partial charge in [-0.3, -0.25) is 0 Å². The minimum Gasteiger partial charge on any atom is -0.309 e. The van der Waals surface area contributed by atoms with Crippen LogP contribution in [-0.4, -0.2) is 0 Å². The van der Waals surface area contributed by atoms with Crippen molar-refractivity contribution in [2.24, 2.45) is 0 Å². The standard InChI is InChI=1S/C32H22BrN/c33-24-21-19-23(20-22-24)31-27-15-7-9-17-29(27)32(30-18-10-8-16-28(30)31)34(25-11-3-1-4-12-25)26-13-5-2-6-14-26/h1-22H. The number of nitrogens with zero attached hydrogens (tertiary/aromatic N) is 1. The van der Waals surface area contributed by atoms with Gasteiger partial charge in [0.15, 0.2) is 0 Å². The highest BCUT2D eigenvalue weighted by molar-refractivity contribution is 9.10. The Hall–Kier alpha value is -3.88. The number of benzene rings is 6. The second-order valence-electron chi connectivity index (χ2n) is 8.33. The van der Waals surface area contributed by atoms with Crippen molar-refractivity contribution < 1.29 is 0 Å². The molecule has 1 nitrogen and oxygen atoms in total. The molecule has 6 aromatic rings. The van der Waals surface area contributed by atoms with E-state index in [0.29, 0.717) is 0 Å². The Kier molecular flexibility index (Phi) is 5.37. The fourth-order valence-corrected chi connectivity index (χ4v) is 5.10. The molecule has 0 heterocycles. The lowest BCUT2D eigenvalue weighted by Crippen LogP contribution is -2.11. The molecule has 0 aliphatic heterocycles. The highest BCUT2D eigenvalue weighted by Crippen LogP contribution is 2.47. The summed E-state index contributed by atoms with van der Waals surface area (Å²) in [5.41, 5.74) is 5.96. The Balaban J connectivity index is 1.77. The van der Waals surface area contributed by atoms with Gasteiger partial charge in [0.05, 0.1) is 5.69 Å². The highest BCUT2D eigenvalue weighted by atomic mass is 79.9. The van der Waals surface area contributed by atoms with Crippen molar-refractivity contribution in [1.82, 2.24) is 0 Å². The molecule has 0 fully saturated rings. The Bertz CT molecular complexity index is 1490. The van der Waals surface area contributed by atoms with Crippen molar-refractivity contribution in [1.29, 1.82) is 0 Å². The van der Waals surface area contributed by atoms with Gasteiger partial charge in [0.2, 0.25) is 0 Å². The summed E-state index contributed by atoms with van der Waals surface area (Å²) in [4.78, 5) is 2.38. The van der Waals surface area contributed by atoms with Crippen LogP contribution in [0.5, 0.6) is 0 Å². The Morgan fingerprint density at radius 1 is 0.412 bits per heavy atom. The number of anilines is 3. The van der Waals surface area contributed by atoms with Crippen LogP contribution >= 0.6 is 15.9 Å². The zero-order valence-corrected chi connectivity index (χ0v) is 20.1. The van der Waals surface area contributed by atoms with Crippen molar-refractivity contribution in [3.8, 4) is 11.1 Å². The predicted molar refractivity (Wildman–Crippen MR) is 149 cm³/mol.